The number of nitrogens with one attached hydrogen (secondary N) is 1. The average Bonchev–Trinajstić information content (AvgIpc) is 2.93. The first-order valence-electron chi connectivity index (χ1n) is 6.51. The molecule has 0 aliphatic carbocycles. The molecule has 0 spiro atoms. The van der Waals surface area contributed by atoms with Crippen LogP contribution in [0.25, 0.3) is 0 Å². The normalized spacial score (nSPS) is 20.4. The van der Waals surface area contributed by atoms with Crippen LogP contribution in [0.5, 0.6) is 0 Å². The lowest BCUT2D eigenvalue weighted by atomic mass is 10.2. The molecule has 0 bridgehead atoms. The van der Waals surface area contributed by atoms with Gasteiger partial charge in [0.1, 0.15) is 11.6 Å². The fraction of sp³-hybridized carbons (Fsp3) is 0.833. The monoisotopic (exact) mass is 237 g/mol. The summed E-state index contributed by atoms with van der Waals surface area (Å²) in [4.78, 5) is 2.44. The van der Waals surface area contributed by atoms with E-state index in [1.807, 2.05) is 14.0 Å². The second-order valence-corrected chi connectivity index (χ2v) is 4.84. The summed E-state index contributed by atoms with van der Waals surface area (Å²) in [5.41, 5.74) is 0. The molecule has 17 heavy (non-hydrogen) atoms. The number of hydrogen-bond acceptors (Lipinski definition) is 4. The van der Waals surface area contributed by atoms with E-state index in [-0.39, 0.29) is 0 Å². The highest BCUT2D eigenvalue weighted by atomic mass is 15.3. The Morgan fingerprint density at radius 3 is 2.82 bits per heavy atom. The Kier molecular flexibility index (Phi) is 4.12. The van der Waals surface area contributed by atoms with Crippen molar-refractivity contribution in [3.05, 3.63) is 11.6 Å². The molecule has 2 heterocycles. The van der Waals surface area contributed by atoms with Crippen LogP contribution in [0.3, 0.4) is 0 Å². The van der Waals surface area contributed by atoms with Gasteiger partial charge in [-0.25, -0.2) is 0 Å². The Bertz CT molecular complexity index is 354. The van der Waals surface area contributed by atoms with E-state index in [0.29, 0.717) is 6.04 Å². The number of aryl methyl sites for hydroxylation is 1. The van der Waals surface area contributed by atoms with Gasteiger partial charge in [0, 0.05) is 19.6 Å². The van der Waals surface area contributed by atoms with Crippen LogP contribution in [0.15, 0.2) is 0 Å². The summed E-state index contributed by atoms with van der Waals surface area (Å²) in [6.45, 7) is 8.44. The highest BCUT2D eigenvalue weighted by Crippen LogP contribution is 2.09. The molecule has 1 unspecified atom stereocenters. The van der Waals surface area contributed by atoms with E-state index < -0.39 is 0 Å². The minimum atomic E-state index is 0.657. The molecular formula is C12H23N5. The Balaban J connectivity index is 1.92. The summed E-state index contributed by atoms with van der Waals surface area (Å²) in [7, 11) is 2.03. The van der Waals surface area contributed by atoms with Crippen LogP contribution in [0.4, 0.5) is 0 Å². The topological polar surface area (TPSA) is 46.0 Å². The van der Waals surface area contributed by atoms with E-state index in [0.717, 1.165) is 31.3 Å². The third-order valence-corrected chi connectivity index (χ3v) is 3.64. The number of likely N-dealkylation sites (N-methyl/N-ethyl adjacent to an activating group) is 1. The molecule has 0 radical (unpaired) electrons. The van der Waals surface area contributed by atoms with Crippen molar-refractivity contribution in [3.63, 3.8) is 0 Å². The minimum absolute atomic E-state index is 0.657. The summed E-state index contributed by atoms with van der Waals surface area (Å²) in [6.07, 6.45) is 2.61. The van der Waals surface area contributed by atoms with E-state index in [2.05, 4.69) is 31.9 Å². The van der Waals surface area contributed by atoms with Gasteiger partial charge in [-0.05, 0) is 32.9 Å². The molecular weight excluding hydrogens is 214 g/mol. The summed E-state index contributed by atoms with van der Waals surface area (Å²) in [5, 5.41) is 11.9. The molecule has 1 aromatic rings. The summed E-state index contributed by atoms with van der Waals surface area (Å²) in [6, 6.07) is 0.657. The smallest absolute Gasteiger partial charge is 0.146 e. The number of hydrogen-bond donors (Lipinski definition) is 1. The van der Waals surface area contributed by atoms with Crippen molar-refractivity contribution in [2.24, 2.45) is 7.05 Å². The zero-order chi connectivity index (χ0) is 12.3. The van der Waals surface area contributed by atoms with E-state index in [1.165, 1.54) is 19.4 Å². The van der Waals surface area contributed by atoms with Gasteiger partial charge < -0.3 is 9.88 Å². The Morgan fingerprint density at radius 2 is 2.29 bits per heavy atom. The van der Waals surface area contributed by atoms with Crippen LogP contribution in [-0.2, 0) is 13.6 Å². The second kappa shape index (κ2) is 5.60. The Morgan fingerprint density at radius 1 is 1.47 bits per heavy atom. The molecule has 1 saturated heterocycles. The molecule has 5 heteroatoms. The molecule has 0 amide bonds. The molecule has 1 N–H and O–H groups in total. The molecule has 1 aliphatic rings. The number of nitrogens with zero attached hydrogens (tertiary/aromatic N) is 4. The number of rotatable bonds is 5. The third-order valence-electron chi connectivity index (χ3n) is 3.64. The fourth-order valence-corrected chi connectivity index (χ4v) is 2.32. The molecule has 0 saturated carbocycles. The predicted octanol–water partition coefficient (Wildman–Crippen LogP) is 0.697. The van der Waals surface area contributed by atoms with E-state index in [4.69, 9.17) is 0 Å². The maximum atomic E-state index is 4.23. The predicted molar refractivity (Wildman–Crippen MR) is 67.7 cm³/mol. The van der Waals surface area contributed by atoms with Gasteiger partial charge in [-0.2, -0.15) is 0 Å². The summed E-state index contributed by atoms with van der Waals surface area (Å²) < 4.78 is 2.07. The number of aromatic nitrogens is 3. The maximum absolute atomic E-state index is 4.23. The van der Waals surface area contributed by atoms with Crippen LogP contribution >= 0.6 is 0 Å². The zero-order valence-corrected chi connectivity index (χ0v) is 11.1. The first-order valence-corrected chi connectivity index (χ1v) is 6.51. The van der Waals surface area contributed by atoms with Crippen molar-refractivity contribution in [2.75, 3.05) is 19.6 Å². The maximum Gasteiger partial charge on any atom is 0.146 e. The molecule has 0 aromatic carbocycles. The second-order valence-electron chi connectivity index (χ2n) is 4.84. The van der Waals surface area contributed by atoms with Crippen molar-refractivity contribution in [1.29, 1.82) is 0 Å². The molecule has 1 aromatic heterocycles. The SMILES string of the molecule is CCN(Cc1nnc(C)n1C)CC1CCCN1. The van der Waals surface area contributed by atoms with Crippen molar-refractivity contribution in [1.82, 2.24) is 25.0 Å². The summed E-state index contributed by atoms with van der Waals surface area (Å²) in [5.74, 6) is 2.04. The van der Waals surface area contributed by atoms with Gasteiger partial charge in [-0.3, -0.25) is 4.90 Å². The van der Waals surface area contributed by atoms with E-state index in [1.54, 1.807) is 0 Å². The molecule has 1 atom stereocenters. The van der Waals surface area contributed by atoms with E-state index >= 15 is 0 Å². The quantitative estimate of drug-likeness (QED) is 0.819. The molecule has 2 rings (SSSR count). The van der Waals surface area contributed by atoms with Crippen molar-refractivity contribution >= 4 is 0 Å². The zero-order valence-electron chi connectivity index (χ0n) is 11.1. The van der Waals surface area contributed by atoms with Gasteiger partial charge in [0.05, 0.1) is 6.54 Å². The standard InChI is InChI=1S/C12H23N5/c1-4-17(8-11-6-5-7-13-11)9-12-15-14-10(2)16(12)3/h11,13H,4-9H2,1-3H3. The molecule has 1 aliphatic heterocycles. The van der Waals surface area contributed by atoms with Gasteiger partial charge in [0.25, 0.3) is 0 Å². The third kappa shape index (κ3) is 3.04. The lowest BCUT2D eigenvalue weighted by Crippen LogP contribution is -2.37. The van der Waals surface area contributed by atoms with Crippen LogP contribution < -0.4 is 5.32 Å². The lowest BCUT2D eigenvalue weighted by molar-refractivity contribution is 0.245. The largest absolute Gasteiger partial charge is 0.317 e. The van der Waals surface area contributed by atoms with Crippen LogP contribution in [0, 0.1) is 6.92 Å². The van der Waals surface area contributed by atoms with Crippen LogP contribution in [-0.4, -0.2) is 45.3 Å². The molecule has 96 valence electrons. The molecule has 5 nitrogen and oxygen atoms in total. The highest BCUT2D eigenvalue weighted by molar-refractivity contribution is 4.93. The van der Waals surface area contributed by atoms with E-state index in [9.17, 15) is 0 Å². The Hall–Kier alpha value is -0.940. The van der Waals surface area contributed by atoms with Crippen molar-refractivity contribution in [3.8, 4) is 0 Å². The van der Waals surface area contributed by atoms with Gasteiger partial charge in [-0.1, -0.05) is 6.92 Å². The average molecular weight is 237 g/mol. The minimum Gasteiger partial charge on any atom is -0.317 e. The van der Waals surface area contributed by atoms with Gasteiger partial charge in [0.15, 0.2) is 0 Å². The van der Waals surface area contributed by atoms with Crippen LogP contribution in [0.1, 0.15) is 31.4 Å². The molecule has 1 fully saturated rings. The lowest BCUT2D eigenvalue weighted by Gasteiger charge is -2.23. The van der Waals surface area contributed by atoms with Gasteiger partial charge >= 0.3 is 0 Å². The highest BCUT2D eigenvalue weighted by Gasteiger charge is 2.18. The first-order chi connectivity index (χ1) is 8.20. The fourth-order valence-electron chi connectivity index (χ4n) is 2.32. The Labute approximate surface area is 103 Å². The first kappa shape index (κ1) is 12.5. The van der Waals surface area contributed by atoms with Crippen molar-refractivity contribution in [2.45, 2.75) is 39.3 Å². The van der Waals surface area contributed by atoms with Gasteiger partial charge in [-0.15, -0.1) is 10.2 Å². The van der Waals surface area contributed by atoms with Crippen molar-refractivity contribution < 1.29 is 0 Å². The van der Waals surface area contributed by atoms with Crippen LogP contribution in [0.2, 0.25) is 0 Å². The van der Waals surface area contributed by atoms with Gasteiger partial charge in [0.2, 0.25) is 0 Å². The summed E-state index contributed by atoms with van der Waals surface area (Å²) >= 11 is 0.